The predicted molar refractivity (Wildman–Crippen MR) is 138 cm³/mol. The molecule has 0 radical (unpaired) electrons. The van der Waals surface area contributed by atoms with Crippen molar-refractivity contribution in [3.63, 3.8) is 0 Å². The lowest BCUT2D eigenvalue weighted by Crippen LogP contribution is -2.57. The van der Waals surface area contributed by atoms with Crippen molar-refractivity contribution < 1.29 is 31.5 Å². The molecule has 3 fully saturated rings. The Morgan fingerprint density at radius 3 is 2.38 bits per heavy atom. The zero-order valence-corrected chi connectivity index (χ0v) is 22.2. The van der Waals surface area contributed by atoms with Crippen LogP contribution in [0, 0.1) is 0 Å². The molecule has 1 aromatic carbocycles. The number of likely N-dealkylation sites (tertiary alicyclic amines) is 1. The number of halogens is 5. The highest BCUT2D eigenvalue weighted by atomic mass is 19.4. The van der Waals surface area contributed by atoms with Gasteiger partial charge in [-0.05, 0) is 50.7 Å². The zero-order valence-electron chi connectivity index (χ0n) is 22.2. The Morgan fingerprint density at radius 1 is 1.05 bits per heavy atom. The summed E-state index contributed by atoms with van der Waals surface area (Å²) >= 11 is 0. The van der Waals surface area contributed by atoms with Crippen LogP contribution in [0.5, 0.6) is 0 Å². The first-order valence-electron chi connectivity index (χ1n) is 13.9. The van der Waals surface area contributed by atoms with Crippen molar-refractivity contribution in [3.05, 3.63) is 41.6 Å². The number of benzene rings is 1. The first-order valence-corrected chi connectivity index (χ1v) is 13.9. The topological polar surface area (TPSA) is 79.3 Å². The summed E-state index contributed by atoms with van der Waals surface area (Å²) in [6, 6.07) is 5.94. The first kappa shape index (κ1) is 28.5. The average molecular weight is 568 g/mol. The number of amides is 2. The minimum atomic E-state index is -4.59. The van der Waals surface area contributed by atoms with Gasteiger partial charge in [0.05, 0.1) is 30.4 Å². The van der Waals surface area contributed by atoms with Gasteiger partial charge in [-0.25, -0.2) is 8.78 Å². The number of alkyl halides is 5. The number of rotatable bonds is 10. The molecule has 5 rings (SSSR count). The minimum absolute atomic E-state index is 0.0282. The molecular weight excluding hydrogens is 533 g/mol. The van der Waals surface area contributed by atoms with Crippen molar-refractivity contribution in [1.29, 1.82) is 0 Å². The molecule has 40 heavy (non-hydrogen) atoms. The number of nitrogens with one attached hydrogen (secondary N) is 2. The van der Waals surface area contributed by atoms with Gasteiger partial charge in [0.1, 0.15) is 0 Å². The lowest BCUT2D eigenvalue weighted by atomic mass is 9.93. The molecule has 2 aromatic rings. The van der Waals surface area contributed by atoms with Crippen LogP contribution in [0.3, 0.4) is 0 Å². The van der Waals surface area contributed by atoms with Gasteiger partial charge in [-0.1, -0.05) is 31.0 Å². The van der Waals surface area contributed by atoms with Gasteiger partial charge in [0.2, 0.25) is 5.91 Å². The van der Waals surface area contributed by atoms with E-state index in [2.05, 4.69) is 15.7 Å². The molecule has 0 spiro atoms. The fourth-order valence-electron chi connectivity index (χ4n) is 5.74. The van der Waals surface area contributed by atoms with Crippen LogP contribution in [0.25, 0.3) is 11.3 Å². The molecule has 2 N–H and O–H groups in total. The highest BCUT2D eigenvalue weighted by molar-refractivity contribution is 5.94. The van der Waals surface area contributed by atoms with E-state index in [1.165, 1.54) is 28.9 Å². The van der Waals surface area contributed by atoms with Gasteiger partial charge in [-0.3, -0.25) is 19.2 Å². The molecule has 2 saturated carbocycles. The Labute approximate surface area is 229 Å². The predicted octanol–water partition coefficient (Wildman–Crippen LogP) is 5.18. The fourth-order valence-corrected chi connectivity index (χ4v) is 5.74. The highest BCUT2D eigenvalue weighted by Crippen LogP contribution is 2.40. The second kappa shape index (κ2) is 11.5. The number of nitrogens with zero attached hydrogens (tertiary/aromatic N) is 3. The van der Waals surface area contributed by atoms with Gasteiger partial charge >= 0.3 is 6.18 Å². The van der Waals surface area contributed by atoms with E-state index in [-0.39, 0.29) is 67.4 Å². The molecule has 2 aliphatic carbocycles. The summed E-state index contributed by atoms with van der Waals surface area (Å²) in [5.41, 5.74) is -0.688. The van der Waals surface area contributed by atoms with Gasteiger partial charge in [-0.2, -0.15) is 18.3 Å². The quantitative estimate of drug-likeness (QED) is 0.388. The van der Waals surface area contributed by atoms with E-state index in [1.54, 1.807) is 4.90 Å². The van der Waals surface area contributed by atoms with Crippen molar-refractivity contribution in [3.8, 4) is 11.3 Å². The Kier molecular flexibility index (Phi) is 8.17. The van der Waals surface area contributed by atoms with E-state index in [0.29, 0.717) is 0 Å². The summed E-state index contributed by atoms with van der Waals surface area (Å²) < 4.78 is 69.7. The molecule has 1 unspecified atom stereocenters. The maximum absolute atomic E-state index is 13.9. The van der Waals surface area contributed by atoms with Crippen LogP contribution >= 0.6 is 0 Å². The maximum atomic E-state index is 13.9. The lowest BCUT2D eigenvalue weighted by molar-refractivity contribution is -0.137. The molecule has 1 aromatic heterocycles. The van der Waals surface area contributed by atoms with Crippen LogP contribution in [-0.4, -0.2) is 64.1 Å². The van der Waals surface area contributed by atoms with Crippen molar-refractivity contribution in [2.24, 2.45) is 0 Å². The van der Waals surface area contributed by atoms with Crippen LogP contribution in [-0.2, 0) is 11.0 Å². The Hall–Kier alpha value is -3.02. The second-order valence-corrected chi connectivity index (χ2v) is 11.3. The molecule has 0 bridgehead atoms. The summed E-state index contributed by atoms with van der Waals surface area (Å²) in [5, 5.41) is 10.2. The Morgan fingerprint density at radius 2 is 1.75 bits per heavy atom. The Bertz CT molecular complexity index is 1210. The van der Waals surface area contributed by atoms with Crippen LogP contribution in [0.1, 0.15) is 79.9 Å². The van der Waals surface area contributed by atoms with Gasteiger partial charge in [-0.15, -0.1) is 0 Å². The molecular formula is C28H34F5N5O2. The molecule has 3 aliphatic rings. The largest absolute Gasteiger partial charge is 0.417 e. The number of aromatic nitrogens is 2. The molecule has 1 aliphatic heterocycles. The van der Waals surface area contributed by atoms with Crippen molar-refractivity contribution in [2.45, 2.75) is 88.0 Å². The van der Waals surface area contributed by atoms with E-state index in [1.807, 2.05) is 0 Å². The van der Waals surface area contributed by atoms with Crippen LogP contribution in [0.2, 0.25) is 0 Å². The average Bonchev–Trinajstić information content (AvgIpc) is 3.53. The van der Waals surface area contributed by atoms with E-state index in [4.69, 9.17) is 0 Å². The Balaban J connectivity index is 1.36. The number of hydrogen-bond donors (Lipinski definition) is 2. The molecule has 12 heteroatoms. The molecule has 218 valence electrons. The third-order valence-corrected chi connectivity index (χ3v) is 8.09. The standard InChI is InChI=1S/C28H34F5N5O2/c29-27(30)16-37(17-27)13-12-19(14-25(39)34-18-6-5-7-18)35-26(40)23-15-24(38(36-23)20-8-1-2-9-20)21-10-3-4-11-22(21)28(31,32)33/h3-4,10-11,15,18-20H,1-2,5-9,12-14,16-17H2,(H,34,39)(H,35,40). The summed E-state index contributed by atoms with van der Waals surface area (Å²) in [6.45, 7) is -0.455. The smallest absolute Gasteiger partial charge is 0.353 e. The van der Waals surface area contributed by atoms with E-state index >= 15 is 0 Å². The second-order valence-electron chi connectivity index (χ2n) is 11.3. The minimum Gasteiger partial charge on any atom is -0.353 e. The number of carbonyl (C=O) groups excluding carboxylic acids is 2. The summed E-state index contributed by atoms with van der Waals surface area (Å²) in [5.74, 6) is -3.57. The van der Waals surface area contributed by atoms with E-state index in [9.17, 15) is 31.5 Å². The normalized spacial score (nSPS) is 20.5. The number of hydrogen-bond acceptors (Lipinski definition) is 4. The van der Waals surface area contributed by atoms with E-state index in [0.717, 1.165) is 51.0 Å². The summed E-state index contributed by atoms with van der Waals surface area (Å²) in [7, 11) is 0. The molecule has 1 saturated heterocycles. The highest BCUT2D eigenvalue weighted by Gasteiger charge is 2.43. The van der Waals surface area contributed by atoms with E-state index < -0.39 is 29.6 Å². The third-order valence-electron chi connectivity index (χ3n) is 8.09. The van der Waals surface area contributed by atoms with Crippen molar-refractivity contribution >= 4 is 11.8 Å². The first-order chi connectivity index (χ1) is 19.0. The van der Waals surface area contributed by atoms with Crippen LogP contribution in [0.4, 0.5) is 22.0 Å². The fraction of sp³-hybridized carbons (Fsp3) is 0.607. The molecule has 1 atom stereocenters. The van der Waals surface area contributed by atoms with Gasteiger partial charge < -0.3 is 10.6 Å². The van der Waals surface area contributed by atoms with Gasteiger partial charge in [0, 0.05) is 30.6 Å². The zero-order chi connectivity index (χ0) is 28.5. The van der Waals surface area contributed by atoms with Crippen molar-refractivity contribution in [1.82, 2.24) is 25.3 Å². The summed E-state index contributed by atoms with van der Waals surface area (Å²) in [4.78, 5) is 27.6. The maximum Gasteiger partial charge on any atom is 0.417 e. The molecule has 2 amide bonds. The SMILES string of the molecule is O=C(CC(CCN1CC(F)(F)C1)NC(=O)c1cc(-c2ccccc2C(F)(F)F)n(C2CCCC2)n1)NC1CCC1. The monoisotopic (exact) mass is 567 g/mol. The van der Waals surface area contributed by atoms with Gasteiger partial charge in [0.25, 0.3) is 11.8 Å². The third kappa shape index (κ3) is 6.64. The van der Waals surface area contributed by atoms with Crippen molar-refractivity contribution in [2.75, 3.05) is 19.6 Å². The number of carbonyl (C=O) groups is 2. The lowest BCUT2D eigenvalue weighted by Gasteiger charge is -2.39. The van der Waals surface area contributed by atoms with Crippen LogP contribution in [0.15, 0.2) is 30.3 Å². The van der Waals surface area contributed by atoms with Gasteiger partial charge in [0.15, 0.2) is 5.69 Å². The van der Waals surface area contributed by atoms with Crippen LogP contribution < -0.4 is 10.6 Å². The molecule has 2 heterocycles. The summed E-state index contributed by atoms with van der Waals surface area (Å²) in [6.07, 6.45) is 1.81. The molecule has 7 nitrogen and oxygen atoms in total.